The normalized spacial score (nSPS) is 23.5. The van der Waals surface area contributed by atoms with Crippen molar-refractivity contribution in [2.45, 2.75) is 32.4 Å². The predicted molar refractivity (Wildman–Crippen MR) is 71.6 cm³/mol. The van der Waals surface area contributed by atoms with Crippen LogP contribution in [0.1, 0.15) is 31.9 Å². The minimum atomic E-state index is -0.613. The lowest BCUT2D eigenvalue weighted by Crippen LogP contribution is -2.26. The fourth-order valence-corrected chi connectivity index (χ4v) is 2.37. The second-order valence-electron chi connectivity index (χ2n) is 5.34. The van der Waals surface area contributed by atoms with Crippen molar-refractivity contribution in [2.24, 2.45) is 5.41 Å². The third-order valence-electron chi connectivity index (χ3n) is 3.39. The van der Waals surface area contributed by atoms with Gasteiger partial charge in [0.05, 0.1) is 6.10 Å². The summed E-state index contributed by atoms with van der Waals surface area (Å²) in [6.45, 7) is 4.93. The number of rotatable bonds is 4. The molecule has 0 radical (unpaired) electrons. The Labute approximate surface area is 112 Å². The first-order chi connectivity index (χ1) is 7.90. The molecule has 2 N–H and O–H groups in total. The number of aliphatic hydroxyl groups excluding tert-OH is 1. The summed E-state index contributed by atoms with van der Waals surface area (Å²) in [6.07, 6.45) is 0.542. The van der Waals surface area contributed by atoms with E-state index in [2.05, 4.69) is 19.2 Å². The number of hydrogen-bond acceptors (Lipinski definition) is 2. The van der Waals surface area contributed by atoms with Crippen LogP contribution in [0.15, 0.2) is 18.2 Å². The molecule has 2 unspecified atom stereocenters. The molecule has 2 nitrogen and oxygen atoms in total. The van der Waals surface area contributed by atoms with E-state index in [0.29, 0.717) is 33.6 Å². The highest BCUT2D eigenvalue weighted by Gasteiger charge is 2.45. The standard InChI is InChI=1S/C13H17Cl2NO/c1-13(2)6-12(13)16-7-11(17)9-5-8(14)3-4-10(9)15/h3-5,11-12,16-17H,6-7H2,1-2H3. The van der Waals surface area contributed by atoms with Crippen LogP contribution < -0.4 is 5.32 Å². The lowest BCUT2D eigenvalue weighted by Gasteiger charge is -2.14. The average molecular weight is 274 g/mol. The van der Waals surface area contributed by atoms with Gasteiger partial charge < -0.3 is 10.4 Å². The van der Waals surface area contributed by atoms with Crippen molar-refractivity contribution in [1.82, 2.24) is 5.32 Å². The highest BCUT2D eigenvalue weighted by Crippen LogP contribution is 2.44. The number of aliphatic hydroxyl groups is 1. The minimum absolute atomic E-state index is 0.359. The third-order valence-corrected chi connectivity index (χ3v) is 3.97. The minimum Gasteiger partial charge on any atom is -0.387 e. The summed E-state index contributed by atoms with van der Waals surface area (Å²) in [5.74, 6) is 0. The van der Waals surface area contributed by atoms with Crippen molar-refractivity contribution in [2.75, 3.05) is 6.54 Å². The van der Waals surface area contributed by atoms with E-state index in [0.717, 1.165) is 6.42 Å². The highest BCUT2D eigenvalue weighted by atomic mass is 35.5. The quantitative estimate of drug-likeness (QED) is 0.881. The molecule has 0 saturated heterocycles. The van der Waals surface area contributed by atoms with Crippen molar-refractivity contribution in [3.8, 4) is 0 Å². The molecule has 0 bridgehead atoms. The third kappa shape index (κ3) is 3.14. The fourth-order valence-electron chi connectivity index (χ4n) is 1.95. The molecule has 1 aliphatic carbocycles. The van der Waals surface area contributed by atoms with Gasteiger partial charge in [0.15, 0.2) is 0 Å². The first-order valence-corrected chi connectivity index (χ1v) is 6.52. The Kier molecular flexibility index (Phi) is 3.69. The van der Waals surface area contributed by atoms with Crippen LogP contribution in [0.25, 0.3) is 0 Å². The monoisotopic (exact) mass is 273 g/mol. The second-order valence-corrected chi connectivity index (χ2v) is 6.18. The van der Waals surface area contributed by atoms with Gasteiger partial charge in [-0.2, -0.15) is 0 Å². The molecule has 0 amide bonds. The Morgan fingerprint density at radius 2 is 2.12 bits per heavy atom. The smallest absolute Gasteiger partial charge is 0.0929 e. The molecule has 0 aromatic heterocycles. The average Bonchev–Trinajstić information content (AvgIpc) is 2.87. The summed E-state index contributed by atoms with van der Waals surface area (Å²) in [4.78, 5) is 0. The van der Waals surface area contributed by atoms with Crippen LogP contribution in [0.4, 0.5) is 0 Å². The topological polar surface area (TPSA) is 32.3 Å². The van der Waals surface area contributed by atoms with Crippen LogP contribution in [0.5, 0.6) is 0 Å². The molecule has 1 aromatic carbocycles. The number of hydrogen-bond donors (Lipinski definition) is 2. The summed E-state index contributed by atoms with van der Waals surface area (Å²) < 4.78 is 0. The summed E-state index contributed by atoms with van der Waals surface area (Å²) in [6, 6.07) is 5.64. The maximum atomic E-state index is 10.1. The number of nitrogens with one attached hydrogen (secondary N) is 1. The van der Waals surface area contributed by atoms with Gasteiger partial charge in [-0.25, -0.2) is 0 Å². The summed E-state index contributed by atoms with van der Waals surface area (Å²) in [7, 11) is 0. The van der Waals surface area contributed by atoms with E-state index in [1.165, 1.54) is 0 Å². The molecule has 1 aromatic rings. The SMILES string of the molecule is CC1(C)CC1NCC(O)c1cc(Cl)ccc1Cl. The number of benzene rings is 1. The largest absolute Gasteiger partial charge is 0.387 e. The van der Waals surface area contributed by atoms with E-state index in [4.69, 9.17) is 23.2 Å². The van der Waals surface area contributed by atoms with Gasteiger partial charge >= 0.3 is 0 Å². The van der Waals surface area contributed by atoms with Crippen LogP contribution in [0.3, 0.4) is 0 Å². The molecule has 17 heavy (non-hydrogen) atoms. The molecule has 94 valence electrons. The summed E-state index contributed by atoms with van der Waals surface area (Å²) in [5.41, 5.74) is 1.04. The van der Waals surface area contributed by atoms with Crippen LogP contribution >= 0.6 is 23.2 Å². The Morgan fingerprint density at radius 1 is 1.47 bits per heavy atom. The molecule has 2 atom stereocenters. The van der Waals surface area contributed by atoms with E-state index in [1.54, 1.807) is 18.2 Å². The molecule has 2 rings (SSSR count). The molecular formula is C13H17Cl2NO. The van der Waals surface area contributed by atoms with Crippen molar-refractivity contribution in [3.63, 3.8) is 0 Å². The van der Waals surface area contributed by atoms with Crippen LogP contribution in [0.2, 0.25) is 10.0 Å². The first kappa shape index (κ1) is 13.2. The van der Waals surface area contributed by atoms with Crippen molar-refractivity contribution in [1.29, 1.82) is 0 Å². The van der Waals surface area contributed by atoms with Crippen molar-refractivity contribution >= 4 is 23.2 Å². The van der Waals surface area contributed by atoms with E-state index in [-0.39, 0.29) is 0 Å². The van der Waals surface area contributed by atoms with E-state index in [1.807, 2.05) is 0 Å². The molecular weight excluding hydrogens is 257 g/mol. The van der Waals surface area contributed by atoms with Gasteiger partial charge in [-0.3, -0.25) is 0 Å². The van der Waals surface area contributed by atoms with Crippen molar-refractivity contribution in [3.05, 3.63) is 33.8 Å². The van der Waals surface area contributed by atoms with E-state index in [9.17, 15) is 5.11 Å². The van der Waals surface area contributed by atoms with E-state index < -0.39 is 6.10 Å². The molecule has 1 saturated carbocycles. The fraction of sp³-hybridized carbons (Fsp3) is 0.538. The maximum absolute atomic E-state index is 10.1. The van der Waals surface area contributed by atoms with Crippen LogP contribution in [-0.2, 0) is 0 Å². The Bertz CT molecular complexity index is 420. The van der Waals surface area contributed by atoms with Crippen molar-refractivity contribution < 1.29 is 5.11 Å². The molecule has 1 aliphatic rings. The zero-order valence-electron chi connectivity index (χ0n) is 10.0. The predicted octanol–water partition coefficient (Wildman–Crippen LogP) is 3.41. The zero-order chi connectivity index (χ0) is 12.6. The summed E-state index contributed by atoms with van der Waals surface area (Å²) >= 11 is 11.9. The van der Waals surface area contributed by atoms with E-state index >= 15 is 0 Å². The molecule has 4 heteroatoms. The summed E-state index contributed by atoms with van der Waals surface area (Å²) in [5, 5.41) is 14.6. The second kappa shape index (κ2) is 4.77. The van der Waals surface area contributed by atoms with Gasteiger partial charge in [-0.15, -0.1) is 0 Å². The highest BCUT2D eigenvalue weighted by molar-refractivity contribution is 6.33. The van der Waals surface area contributed by atoms with Gasteiger partial charge in [0.1, 0.15) is 0 Å². The number of halogens is 2. The molecule has 1 fully saturated rings. The van der Waals surface area contributed by atoms with Gasteiger partial charge in [0.25, 0.3) is 0 Å². The van der Waals surface area contributed by atoms with Gasteiger partial charge in [-0.1, -0.05) is 37.0 Å². The Balaban J connectivity index is 1.95. The zero-order valence-corrected chi connectivity index (χ0v) is 11.5. The molecule has 0 aliphatic heterocycles. The Morgan fingerprint density at radius 3 is 2.71 bits per heavy atom. The van der Waals surface area contributed by atoms with Gasteiger partial charge in [-0.05, 0) is 30.0 Å². The van der Waals surface area contributed by atoms with Crippen LogP contribution in [-0.4, -0.2) is 17.7 Å². The first-order valence-electron chi connectivity index (χ1n) is 5.76. The van der Waals surface area contributed by atoms with Crippen LogP contribution in [0, 0.1) is 5.41 Å². The molecule has 0 heterocycles. The lowest BCUT2D eigenvalue weighted by atomic mass is 10.1. The van der Waals surface area contributed by atoms with Gasteiger partial charge in [0.2, 0.25) is 0 Å². The van der Waals surface area contributed by atoms with Gasteiger partial charge in [0, 0.05) is 28.2 Å². The Hall–Kier alpha value is -0.280. The molecule has 0 spiro atoms. The lowest BCUT2D eigenvalue weighted by molar-refractivity contribution is 0.173. The maximum Gasteiger partial charge on any atom is 0.0929 e.